The lowest BCUT2D eigenvalue weighted by atomic mass is 10.1. The third-order valence-corrected chi connectivity index (χ3v) is 4.52. The topological polar surface area (TPSA) is 58.8 Å². The normalized spacial score (nSPS) is 15.8. The minimum atomic E-state index is 0.115. The highest BCUT2D eigenvalue weighted by Gasteiger charge is 2.25. The van der Waals surface area contributed by atoms with Crippen LogP contribution in [-0.2, 0) is 16.1 Å². The molecule has 0 atom stereocenters. The van der Waals surface area contributed by atoms with Crippen LogP contribution in [0.2, 0.25) is 5.02 Å². The van der Waals surface area contributed by atoms with Gasteiger partial charge in [-0.1, -0.05) is 11.6 Å². The Bertz CT molecular complexity index is 730. The van der Waals surface area contributed by atoms with Crippen LogP contribution in [0.5, 0.6) is 0 Å². The van der Waals surface area contributed by atoms with E-state index in [-0.39, 0.29) is 5.91 Å². The number of benzene rings is 1. The van der Waals surface area contributed by atoms with Gasteiger partial charge in [0.05, 0.1) is 25.4 Å². The number of hydrogen-bond acceptors (Lipinski definition) is 5. The van der Waals surface area contributed by atoms with Crippen molar-refractivity contribution in [2.45, 2.75) is 13.5 Å². The lowest BCUT2D eigenvalue weighted by Gasteiger charge is -2.33. The van der Waals surface area contributed by atoms with Crippen LogP contribution >= 0.6 is 11.6 Å². The van der Waals surface area contributed by atoms with E-state index in [2.05, 4.69) is 9.88 Å². The van der Waals surface area contributed by atoms with Gasteiger partial charge in [-0.05, 0) is 31.2 Å². The number of methoxy groups -OCH3 is 1. The highest BCUT2D eigenvalue weighted by Crippen LogP contribution is 2.26. The molecule has 0 saturated carbocycles. The molecule has 3 rings (SSSR count). The number of rotatable bonds is 6. The smallest absolute Gasteiger partial charge is 0.236 e. The van der Waals surface area contributed by atoms with Crippen molar-refractivity contribution in [3.8, 4) is 11.3 Å². The van der Waals surface area contributed by atoms with Gasteiger partial charge in [-0.3, -0.25) is 9.69 Å². The monoisotopic (exact) mass is 363 g/mol. The average Bonchev–Trinajstić information content (AvgIpc) is 2.95. The number of aromatic nitrogens is 1. The summed E-state index contributed by atoms with van der Waals surface area (Å²) in [6, 6.07) is 7.49. The number of carbonyl (C=O) groups is 1. The van der Waals surface area contributed by atoms with Crippen molar-refractivity contribution in [3.63, 3.8) is 0 Å². The van der Waals surface area contributed by atoms with Gasteiger partial charge in [0.15, 0.2) is 5.76 Å². The lowest BCUT2D eigenvalue weighted by molar-refractivity contribution is -0.137. The number of halogens is 1. The summed E-state index contributed by atoms with van der Waals surface area (Å²) in [6.07, 6.45) is 0. The summed E-state index contributed by atoms with van der Waals surface area (Å²) < 4.78 is 11.0. The van der Waals surface area contributed by atoms with Gasteiger partial charge in [-0.25, -0.2) is 4.98 Å². The van der Waals surface area contributed by atoms with E-state index in [9.17, 15) is 4.79 Å². The largest absolute Gasteiger partial charge is 0.439 e. The first-order chi connectivity index (χ1) is 12.1. The molecule has 0 bridgehead atoms. The lowest BCUT2D eigenvalue weighted by Crippen LogP contribution is -2.50. The van der Waals surface area contributed by atoms with Gasteiger partial charge < -0.3 is 14.1 Å². The minimum Gasteiger partial charge on any atom is -0.439 e. The summed E-state index contributed by atoms with van der Waals surface area (Å²) in [5.41, 5.74) is 1.78. The van der Waals surface area contributed by atoms with E-state index in [0.717, 1.165) is 23.6 Å². The Balaban J connectivity index is 1.63. The second kappa shape index (κ2) is 7.99. The Morgan fingerprint density at radius 2 is 2.04 bits per heavy atom. The third-order valence-electron chi connectivity index (χ3n) is 4.27. The van der Waals surface area contributed by atoms with Crippen molar-refractivity contribution < 1.29 is 13.9 Å². The molecule has 1 fully saturated rings. The van der Waals surface area contributed by atoms with Gasteiger partial charge >= 0.3 is 0 Å². The van der Waals surface area contributed by atoms with E-state index in [0.29, 0.717) is 43.7 Å². The highest BCUT2D eigenvalue weighted by molar-refractivity contribution is 6.30. The number of ether oxygens (including phenoxy) is 1. The molecule has 2 aromatic rings. The fourth-order valence-electron chi connectivity index (χ4n) is 2.91. The van der Waals surface area contributed by atoms with Crippen LogP contribution in [0.4, 0.5) is 0 Å². The van der Waals surface area contributed by atoms with Crippen molar-refractivity contribution in [1.29, 1.82) is 0 Å². The molecular formula is C18H22ClN3O3. The van der Waals surface area contributed by atoms with Crippen molar-refractivity contribution in [1.82, 2.24) is 14.8 Å². The van der Waals surface area contributed by atoms with Crippen LogP contribution in [0.25, 0.3) is 11.3 Å². The maximum Gasteiger partial charge on any atom is 0.236 e. The molecule has 0 spiro atoms. The van der Waals surface area contributed by atoms with Gasteiger partial charge in [-0.2, -0.15) is 0 Å². The maximum atomic E-state index is 12.2. The number of amides is 1. The first-order valence-corrected chi connectivity index (χ1v) is 8.66. The van der Waals surface area contributed by atoms with Gasteiger partial charge in [-0.15, -0.1) is 0 Å². The Hall–Kier alpha value is -1.89. The molecule has 1 aliphatic heterocycles. The number of piperazine rings is 1. The van der Waals surface area contributed by atoms with Crippen molar-refractivity contribution >= 4 is 17.5 Å². The fourth-order valence-corrected chi connectivity index (χ4v) is 3.04. The number of carbonyl (C=O) groups excluding carboxylic acids is 1. The molecule has 134 valence electrons. The van der Waals surface area contributed by atoms with E-state index < -0.39 is 0 Å². The summed E-state index contributed by atoms with van der Waals surface area (Å²) in [6.45, 7) is 5.53. The van der Waals surface area contributed by atoms with E-state index in [4.69, 9.17) is 20.8 Å². The predicted octanol–water partition coefficient (Wildman–Crippen LogP) is 2.59. The number of oxazole rings is 1. The Morgan fingerprint density at radius 1 is 1.28 bits per heavy atom. The molecule has 1 aromatic heterocycles. The van der Waals surface area contributed by atoms with E-state index in [1.165, 1.54) is 0 Å². The predicted molar refractivity (Wildman–Crippen MR) is 95.4 cm³/mol. The standard InChI is InChI=1S/C18H22ClN3O3/c1-13-18(14-3-5-15(19)6-4-14)25-16(20-13)11-21-7-8-22(9-10-24-2)17(23)12-21/h3-6H,7-12H2,1-2H3. The molecule has 25 heavy (non-hydrogen) atoms. The number of hydrogen-bond donors (Lipinski definition) is 0. The van der Waals surface area contributed by atoms with Crippen LogP contribution in [0, 0.1) is 6.92 Å². The fraction of sp³-hybridized carbons (Fsp3) is 0.444. The van der Waals surface area contributed by atoms with Crippen molar-refractivity contribution in [2.75, 3.05) is 39.9 Å². The van der Waals surface area contributed by atoms with Gasteiger partial charge in [0, 0.05) is 37.3 Å². The maximum absolute atomic E-state index is 12.2. The molecule has 1 amide bonds. The van der Waals surface area contributed by atoms with E-state index in [1.54, 1.807) is 7.11 Å². The summed E-state index contributed by atoms with van der Waals surface area (Å²) in [5.74, 6) is 1.49. The summed E-state index contributed by atoms with van der Waals surface area (Å²) >= 11 is 5.93. The Kier molecular flexibility index (Phi) is 5.73. The van der Waals surface area contributed by atoms with Crippen LogP contribution in [0.3, 0.4) is 0 Å². The molecule has 0 unspecified atom stereocenters. The highest BCUT2D eigenvalue weighted by atomic mass is 35.5. The zero-order valence-electron chi connectivity index (χ0n) is 14.5. The molecule has 6 nitrogen and oxygen atoms in total. The van der Waals surface area contributed by atoms with E-state index in [1.807, 2.05) is 36.1 Å². The summed E-state index contributed by atoms with van der Waals surface area (Å²) in [4.78, 5) is 20.6. The van der Waals surface area contributed by atoms with Crippen LogP contribution in [0.15, 0.2) is 28.7 Å². The minimum absolute atomic E-state index is 0.115. The molecule has 0 aliphatic carbocycles. The zero-order valence-corrected chi connectivity index (χ0v) is 15.3. The molecule has 7 heteroatoms. The first kappa shape index (κ1) is 17.9. The molecule has 0 N–H and O–H groups in total. The Morgan fingerprint density at radius 3 is 2.72 bits per heavy atom. The molecule has 1 aliphatic rings. The third kappa shape index (κ3) is 4.39. The molecule has 0 radical (unpaired) electrons. The molecular weight excluding hydrogens is 342 g/mol. The second-order valence-corrected chi connectivity index (χ2v) is 6.55. The quantitative estimate of drug-likeness (QED) is 0.789. The molecule has 1 aromatic carbocycles. The summed E-state index contributed by atoms with van der Waals surface area (Å²) in [5, 5.41) is 0.686. The van der Waals surface area contributed by atoms with Gasteiger partial charge in [0.25, 0.3) is 0 Å². The van der Waals surface area contributed by atoms with Crippen LogP contribution in [0.1, 0.15) is 11.6 Å². The van der Waals surface area contributed by atoms with Gasteiger partial charge in [0.2, 0.25) is 11.8 Å². The molecule has 2 heterocycles. The second-order valence-electron chi connectivity index (χ2n) is 6.11. The number of nitrogens with zero attached hydrogens (tertiary/aromatic N) is 3. The van der Waals surface area contributed by atoms with Gasteiger partial charge in [0.1, 0.15) is 0 Å². The molecule has 1 saturated heterocycles. The first-order valence-electron chi connectivity index (χ1n) is 8.28. The zero-order chi connectivity index (χ0) is 17.8. The van der Waals surface area contributed by atoms with Crippen LogP contribution in [-0.4, -0.2) is 60.6 Å². The average molecular weight is 364 g/mol. The van der Waals surface area contributed by atoms with Crippen molar-refractivity contribution in [3.05, 3.63) is 40.9 Å². The van der Waals surface area contributed by atoms with Crippen molar-refractivity contribution in [2.24, 2.45) is 0 Å². The van der Waals surface area contributed by atoms with Crippen LogP contribution < -0.4 is 0 Å². The Labute approximate surface area is 152 Å². The summed E-state index contributed by atoms with van der Waals surface area (Å²) in [7, 11) is 1.64. The van der Waals surface area contributed by atoms with E-state index >= 15 is 0 Å². The number of aryl methyl sites for hydroxylation is 1. The SMILES string of the molecule is COCCN1CCN(Cc2nc(C)c(-c3ccc(Cl)cc3)o2)CC1=O.